The molecule has 0 saturated heterocycles. The number of sulfonamides is 1. The third kappa shape index (κ3) is 3.93. The highest BCUT2D eigenvalue weighted by molar-refractivity contribution is 7.92. The van der Waals surface area contributed by atoms with Crippen LogP contribution in [0.2, 0.25) is 0 Å². The third-order valence-electron chi connectivity index (χ3n) is 3.81. The quantitative estimate of drug-likeness (QED) is 0.392. The lowest BCUT2D eigenvalue weighted by Gasteiger charge is -2.12. The van der Waals surface area contributed by atoms with Gasteiger partial charge in [-0.05, 0) is 23.8 Å². The number of nitrogens with one attached hydrogen (secondary N) is 1. The molecule has 0 saturated carbocycles. The number of nitrogens with zero attached hydrogens (tertiary/aromatic N) is 3. The number of nitrogens with two attached hydrogens (primary N) is 1. The molecule has 0 atom stereocenters. The molecule has 2 aromatic heterocycles. The summed E-state index contributed by atoms with van der Waals surface area (Å²) in [5.41, 5.74) is 0.546. The number of aryl methyl sites for hydroxylation is 1. The Balaban J connectivity index is 1.93. The topological polar surface area (TPSA) is 170 Å². The maximum atomic E-state index is 12.3. The second-order valence-electron chi connectivity index (χ2n) is 5.89. The molecular weight excluding hydrogens is 410 g/mol. The molecule has 0 aliphatic rings. The second-order valence-corrected chi connectivity index (χ2v) is 8.94. The minimum atomic E-state index is -4.23. The number of aromatic nitrogens is 3. The van der Waals surface area contributed by atoms with Crippen LogP contribution in [0.1, 0.15) is 12.0 Å². The predicted octanol–water partition coefficient (Wildman–Crippen LogP) is -0.276. The molecule has 5 N–H and O–H groups in total. The zero-order chi connectivity index (χ0) is 20.7. The first kappa shape index (κ1) is 20.0. The fraction of sp³-hybridized carbons (Fsp3) is 0.133. The number of benzene rings is 1. The normalized spacial score (nSPS) is 12.5. The summed E-state index contributed by atoms with van der Waals surface area (Å²) in [6.07, 6.45) is 1.71. The summed E-state index contributed by atoms with van der Waals surface area (Å²) < 4.78 is 52.2. The van der Waals surface area contributed by atoms with Crippen LogP contribution in [0.15, 0.2) is 54.1 Å². The van der Waals surface area contributed by atoms with Crippen molar-refractivity contribution < 1.29 is 27.0 Å². The Bertz CT molecular complexity index is 1210. The number of rotatable bonds is 6. The molecule has 0 amide bonds. The Hall–Kier alpha value is -2.71. The molecule has 1 aromatic carbocycles. The Morgan fingerprint density at radius 1 is 1.11 bits per heavy atom. The monoisotopic (exact) mass is 427 g/mol. The molecule has 0 bridgehead atoms. The van der Waals surface area contributed by atoms with E-state index in [9.17, 15) is 27.0 Å². The summed E-state index contributed by atoms with van der Waals surface area (Å²) in [6, 6.07) is 7.22. The highest BCUT2D eigenvalue weighted by atomic mass is 32.2. The van der Waals surface area contributed by atoms with E-state index in [-0.39, 0.29) is 22.0 Å². The van der Waals surface area contributed by atoms with Crippen LogP contribution in [0.3, 0.4) is 0 Å². The van der Waals surface area contributed by atoms with Crippen molar-refractivity contribution in [2.24, 2.45) is 12.2 Å². The zero-order valence-corrected chi connectivity index (χ0v) is 16.1. The van der Waals surface area contributed by atoms with E-state index >= 15 is 0 Å². The van der Waals surface area contributed by atoms with Crippen LogP contribution in [0.25, 0.3) is 11.1 Å². The molecule has 28 heavy (non-hydrogen) atoms. The first-order valence-corrected chi connectivity index (χ1v) is 10.7. The summed E-state index contributed by atoms with van der Waals surface area (Å²) in [7, 11) is -6.46. The summed E-state index contributed by atoms with van der Waals surface area (Å²) in [6.45, 7) is 0. The lowest BCUT2D eigenvalue weighted by molar-refractivity contribution is -0.0458. The van der Waals surface area contributed by atoms with E-state index < -0.39 is 26.5 Å². The van der Waals surface area contributed by atoms with Gasteiger partial charge in [0.1, 0.15) is 0 Å². The van der Waals surface area contributed by atoms with Gasteiger partial charge in [-0.1, -0.05) is 12.1 Å². The van der Waals surface area contributed by atoms with E-state index in [1.165, 1.54) is 47.4 Å². The fourth-order valence-corrected chi connectivity index (χ4v) is 4.34. The van der Waals surface area contributed by atoms with Crippen molar-refractivity contribution in [3.8, 4) is 11.1 Å². The van der Waals surface area contributed by atoms with Gasteiger partial charge in [-0.3, -0.25) is 4.72 Å². The molecule has 3 aromatic rings. The number of anilines is 1. The smallest absolute Gasteiger partial charge is 0.302 e. The Labute approximate surface area is 160 Å². The molecule has 13 heteroatoms. The van der Waals surface area contributed by atoms with Gasteiger partial charge < -0.3 is 14.8 Å². The van der Waals surface area contributed by atoms with E-state index in [1.54, 1.807) is 7.05 Å². The summed E-state index contributed by atoms with van der Waals surface area (Å²) in [5, 5.41) is 24.0. The molecule has 0 radical (unpaired) electrons. The first-order valence-electron chi connectivity index (χ1n) is 7.71. The van der Waals surface area contributed by atoms with E-state index in [2.05, 4.69) is 9.71 Å². The van der Waals surface area contributed by atoms with E-state index in [4.69, 9.17) is 5.14 Å². The van der Waals surface area contributed by atoms with Crippen molar-refractivity contribution in [2.75, 3.05) is 4.72 Å². The number of hydrogen-bond donors (Lipinski definition) is 4. The molecule has 0 unspecified atom stereocenters. The van der Waals surface area contributed by atoms with E-state index in [0.717, 1.165) is 6.20 Å². The van der Waals surface area contributed by atoms with Gasteiger partial charge in [0.25, 0.3) is 10.0 Å². The molecular formula is C15H17N5O6S2. The van der Waals surface area contributed by atoms with Crippen LogP contribution in [0.5, 0.6) is 0 Å². The Morgan fingerprint density at radius 2 is 1.75 bits per heavy atom. The number of imidazole rings is 1. The third-order valence-corrected chi connectivity index (χ3v) is 5.95. The van der Waals surface area contributed by atoms with Gasteiger partial charge in [-0.25, -0.2) is 14.1 Å². The first-order chi connectivity index (χ1) is 13.0. The van der Waals surface area contributed by atoms with Crippen molar-refractivity contribution in [1.29, 1.82) is 0 Å². The second kappa shape index (κ2) is 7.03. The molecule has 0 aliphatic carbocycles. The van der Waals surface area contributed by atoms with Gasteiger partial charge in [0, 0.05) is 30.7 Å². The van der Waals surface area contributed by atoms with Crippen LogP contribution in [-0.2, 0) is 27.3 Å². The maximum absolute atomic E-state index is 12.3. The van der Waals surface area contributed by atoms with Gasteiger partial charge in [0.15, 0.2) is 11.3 Å². The lowest BCUT2D eigenvalue weighted by Crippen LogP contribution is -2.24. The van der Waals surface area contributed by atoms with Crippen LogP contribution in [0, 0.1) is 0 Å². The Morgan fingerprint density at radius 3 is 2.25 bits per heavy atom. The van der Waals surface area contributed by atoms with Crippen LogP contribution >= 0.6 is 0 Å². The summed E-state index contributed by atoms with van der Waals surface area (Å²) in [5.74, 6) is 0. The highest BCUT2D eigenvalue weighted by Crippen LogP contribution is 2.30. The van der Waals surface area contributed by atoms with Gasteiger partial charge in [-0.15, -0.1) is 0 Å². The molecule has 150 valence electrons. The SMILES string of the molecule is Cn1cnc(S(=O)(=O)Nc2ccc(-c3ccn(S(N)(=O)=O)c3C(O)O)cc2)c1. The van der Waals surface area contributed by atoms with Gasteiger partial charge >= 0.3 is 10.2 Å². The van der Waals surface area contributed by atoms with Crippen molar-refractivity contribution in [2.45, 2.75) is 11.3 Å². The molecule has 0 spiro atoms. The average Bonchev–Trinajstić information content (AvgIpc) is 3.21. The fourth-order valence-electron chi connectivity index (χ4n) is 2.60. The van der Waals surface area contributed by atoms with Crippen molar-refractivity contribution in [3.05, 3.63) is 54.7 Å². The van der Waals surface area contributed by atoms with Gasteiger partial charge in [-0.2, -0.15) is 16.8 Å². The van der Waals surface area contributed by atoms with Crippen molar-refractivity contribution in [3.63, 3.8) is 0 Å². The minimum absolute atomic E-state index is 0.144. The van der Waals surface area contributed by atoms with Crippen molar-refractivity contribution >= 4 is 25.9 Å². The molecule has 3 rings (SSSR count). The van der Waals surface area contributed by atoms with Crippen LogP contribution < -0.4 is 9.86 Å². The standard InChI is InChI=1S/C15H17N5O6S2/c1-19-8-13(17-9-19)27(23,24)18-11-4-2-10(3-5-11)12-6-7-20(28(16,25)26)14(12)15(21)22/h2-9,15,18,21-22H,1H3,(H2,16,25,26). The van der Waals surface area contributed by atoms with Gasteiger partial charge in [0.2, 0.25) is 0 Å². The molecule has 0 fully saturated rings. The summed E-state index contributed by atoms with van der Waals surface area (Å²) >= 11 is 0. The Kier molecular flexibility index (Phi) is 5.03. The largest absolute Gasteiger partial charge is 0.363 e. The number of aliphatic hydroxyl groups is 2. The van der Waals surface area contributed by atoms with Crippen molar-refractivity contribution in [1.82, 2.24) is 13.5 Å². The number of aliphatic hydroxyl groups excluding tert-OH is 1. The molecule has 11 nitrogen and oxygen atoms in total. The van der Waals surface area contributed by atoms with Crippen LogP contribution in [-0.4, -0.2) is 40.6 Å². The lowest BCUT2D eigenvalue weighted by atomic mass is 10.1. The molecule has 0 aliphatic heterocycles. The zero-order valence-electron chi connectivity index (χ0n) is 14.5. The van der Waals surface area contributed by atoms with E-state index in [1.807, 2.05) is 0 Å². The predicted molar refractivity (Wildman–Crippen MR) is 99.6 cm³/mol. The number of hydrogen-bond acceptors (Lipinski definition) is 7. The molecule has 2 heterocycles. The van der Waals surface area contributed by atoms with Gasteiger partial charge in [0.05, 0.1) is 12.0 Å². The maximum Gasteiger partial charge on any atom is 0.302 e. The average molecular weight is 427 g/mol. The van der Waals surface area contributed by atoms with E-state index in [0.29, 0.717) is 9.54 Å². The summed E-state index contributed by atoms with van der Waals surface area (Å²) in [4.78, 5) is 3.79. The van der Waals surface area contributed by atoms with Crippen LogP contribution in [0.4, 0.5) is 5.69 Å². The minimum Gasteiger partial charge on any atom is -0.363 e. The highest BCUT2D eigenvalue weighted by Gasteiger charge is 2.22.